The summed E-state index contributed by atoms with van der Waals surface area (Å²) >= 11 is 6.37. The lowest BCUT2D eigenvalue weighted by molar-refractivity contribution is -0.152. The Kier molecular flexibility index (Phi) is 7.29. The van der Waals surface area contributed by atoms with Crippen molar-refractivity contribution in [3.63, 3.8) is 0 Å². The van der Waals surface area contributed by atoms with Crippen LogP contribution in [0.1, 0.15) is 93.9 Å². The average molecular weight is 596 g/mol. The van der Waals surface area contributed by atoms with Gasteiger partial charge in [0, 0.05) is 16.6 Å². The van der Waals surface area contributed by atoms with Crippen molar-refractivity contribution < 1.29 is 33.0 Å². The van der Waals surface area contributed by atoms with E-state index in [2.05, 4.69) is 18.9 Å². The SMILES string of the molecule is CC1(C)[C@@H]2C[C@H](N(C[C@@](C)(O)c3ccccc3Cl)C(=O)c3cnn([C@H]4CC[C@](C)(C(=O)O)CC4)c3C(F)(F)F)C[C@@H]21. The summed E-state index contributed by atoms with van der Waals surface area (Å²) in [6.45, 7) is 7.21. The van der Waals surface area contributed by atoms with Gasteiger partial charge in [-0.05, 0) is 75.7 Å². The van der Waals surface area contributed by atoms with E-state index in [4.69, 9.17) is 11.6 Å². The first-order chi connectivity index (χ1) is 19.0. The number of nitrogens with zero attached hydrogens (tertiary/aromatic N) is 3. The van der Waals surface area contributed by atoms with Crippen LogP contribution in [-0.4, -0.2) is 49.4 Å². The van der Waals surface area contributed by atoms with Crippen molar-refractivity contribution in [3.05, 3.63) is 52.3 Å². The number of rotatable bonds is 7. The summed E-state index contributed by atoms with van der Waals surface area (Å²) in [5, 5.41) is 25.4. The Balaban J connectivity index is 1.49. The maximum Gasteiger partial charge on any atom is 0.433 e. The highest BCUT2D eigenvalue weighted by atomic mass is 35.5. The number of amides is 1. The van der Waals surface area contributed by atoms with Crippen LogP contribution in [0.15, 0.2) is 30.5 Å². The predicted octanol–water partition coefficient (Wildman–Crippen LogP) is 6.55. The van der Waals surface area contributed by atoms with Gasteiger partial charge in [-0.3, -0.25) is 14.3 Å². The van der Waals surface area contributed by atoms with E-state index in [1.54, 1.807) is 31.2 Å². The number of hydrogen-bond donors (Lipinski definition) is 2. The molecule has 11 heteroatoms. The van der Waals surface area contributed by atoms with Crippen LogP contribution < -0.4 is 0 Å². The van der Waals surface area contributed by atoms with E-state index in [9.17, 15) is 33.0 Å². The molecule has 1 aromatic carbocycles. The fourth-order valence-corrected chi connectivity index (χ4v) is 7.68. The number of aliphatic carboxylic acids is 1. The molecule has 5 rings (SSSR count). The molecular weight excluding hydrogens is 559 g/mol. The summed E-state index contributed by atoms with van der Waals surface area (Å²) in [5.74, 6) is -1.07. The van der Waals surface area contributed by atoms with Crippen LogP contribution in [0.5, 0.6) is 0 Å². The molecule has 7 nitrogen and oxygen atoms in total. The van der Waals surface area contributed by atoms with Crippen LogP contribution in [0, 0.1) is 22.7 Å². The zero-order valence-electron chi connectivity index (χ0n) is 23.7. The number of carboxylic acid groups (broad SMARTS) is 1. The Bertz CT molecular complexity index is 1330. The van der Waals surface area contributed by atoms with Crippen molar-refractivity contribution in [2.75, 3.05) is 6.54 Å². The number of alkyl halides is 3. The number of carbonyl (C=O) groups is 2. The van der Waals surface area contributed by atoms with Gasteiger partial charge in [0.25, 0.3) is 5.91 Å². The molecule has 41 heavy (non-hydrogen) atoms. The Morgan fingerprint density at radius 3 is 2.24 bits per heavy atom. The number of benzene rings is 1. The summed E-state index contributed by atoms with van der Waals surface area (Å²) in [5.41, 5.74) is -3.78. The normalized spacial score (nSPS) is 30.4. The minimum absolute atomic E-state index is 0.129. The molecular formula is C30H37ClF3N3O4. The van der Waals surface area contributed by atoms with Crippen LogP contribution in [-0.2, 0) is 16.6 Å². The molecule has 4 atom stereocenters. The third kappa shape index (κ3) is 5.26. The number of aliphatic hydroxyl groups is 1. The number of aromatic nitrogens is 2. The van der Waals surface area contributed by atoms with Crippen LogP contribution in [0.4, 0.5) is 13.2 Å². The molecule has 0 spiro atoms. The summed E-state index contributed by atoms with van der Waals surface area (Å²) in [4.78, 5) is 27.2. The molecule has 224 valence electrons. The molecule has 2 aromatic rings. The molecule has 1 aromatic heterocycles. The maximum atomic E-state index is 14.6. The summed E-state index contributed by atoms with van der Waals surface area (Å²) < 4.78 is 44.7. The molecule has 0 radical (unpaired) electrons. The van der Waals surface area contributed by atoms with E-state index >= 15 is 0 Å². The van der Waals surface area contributed by atoms with Crippen LogP contribution in [0.3, 0.4) is 0 Å². The fourth-order valence-electron chi connectivity index (χ4n) is 7.34. The molecule has 1 heterocycles. The van der Waals surface area contributed by atoms with Gasteiger partial charge in [0.15, 0.2) is 5.69 Å². The van der Waals surface area contributed by atoms with Gasteiger partial charge in [-0.15, -0.1) is 0 Å². The van der Waals surface area contributed by atoms with Gasteiger partial charge in [-0.1, -0.05) is 43.6 Å². The molecule has 0 saturated heterocycles. The Labute approximate surface area is 242 Å². The molecule has 1 amide bonds. The topological polar surface area (TPSA) is 95.7 Å². The lowest BCUT2D eigenvalue weighted by Gasteiger charge is -2.38. The molecule has 0 unspecified atom stereocenters. The van der Waals surface area contributed by atoms with Crippen molar-refractivity contribution >= 4 is 23.5 Å². The highest BCUT2D eigenvalue weighted by Crippen LogP contribution is 2.67. The first-order valence-corrected chi connectivity index (χ1v) is 14.5. The first-order valence-electron chi connectivity index (χ1n) is 14.1. The Morgan fingerprint density at radius 2 is 1.71 bits per heavy atom. The summed E-state index contributed by atoms with van der Waals surface area (Å²) in [7, 11) is 0. The average Bonchev–Trinajstić information content (AvgIpc) is 3.31. The smallest absolute Gasteiger partial charge is 0.433 e. The lowest BCUT2D eigenvalue weighted by Crippen LogP contribution is -2.48. The third-order valence-corrected chi connectivity index (χ3v) is 10.5. The quantitative estimate of drug-likeness (QED) is 0.379. The third-order valence-electron chi connectivity index (χ3n) is 10.2. The van der Waals surface area contributed by atoms with Crippen LogP contribution in [0.25, 0.3) is 0 Å². The molecule has 3 fully saturated rings. The standard InChI is InChI=1S/C30H37ClF3N3O4/c1-27(2)21-13-18(14-22(21)27)36(16-29(4,41)20-7-5-6-8-23(20)31)25(38)19-15-35-37(24(19)30(32,33)34)17-9-11-28(3,12-10-17)26(39)40/h5-8,15,17-18,21-22,41H,9-14,16H2,1-4H3,(H,39,40)/t17-,18-,21+,22-,28-,29-/m1/s1. The second-order valence-electron chi connectivity index (χ2n) is 13.3. The number of fused-ring (bicyclic) bond motifs is 1. The van der Waals surface area contributed by atoms with E-state index < -0.39 is 46.4 Å². The number of hydrogen-bond acceptors (Lipinski definition) is 4. The minimum atomic E-state index is -4.87. The highest BCUT2D eigenvalue weighted by Gasteiger charge is 2.63. The van der Waals surface area contributed by atoms with E-state index in [0.717, 1.165) is 10.9 Å². The number of halogens is 4. The zero-order chi connectivity index (χ0) is 30.1. The van der Waals surface area contributed by atoms with E-state index in [0.29, 0.717) is 35.3 Å². The zero-order valence-corrected chi connectivity index (χ0v) is 24.5. The lowest BCUT2D eigenvalue weighted by atomic mass is 9.74. The first kappa shape index (κ1) is 29.9. The largest absolute Gasteiger partial charge is 0.481 e. The Hall–Kier alpha value is -2.59. The highest BCUT2D eigenvalue weighted by molar-refractivity contribution is 6.31. The van der Waals surface area contributed by atoms with Crippen molar-refractivity contribution in [2.24, 2.45) is 22.7 Å². The second-order valence-corrected chi connectivity index (χ2v) is 13.7. The molecule has 0 bridgehead atoms. The number of carboxylic acids is 1. The number of carbonyl (C=O) groups excluding carboxylic acids is 1. The van der Waals surface area contributed by atoms with E-state index in [1.807, 2.05) is 0 Å². The molecule has 2 N–H and O–H groups in total. The van der Waals surface area contributed by atoms with Crippen LogP contribution in [0.2, 0.25) is 5.02 Å². The van der Waals surface area contributed by atoms with Gasteiger partial charge < -0.3 is 15.1 Å². The minimum Gasteiger partial charge on any atom is -0.481 e. The summed E-state index contributed by atoms with van der Waals surface area (Å²) in [6.07, 6.45) is -1.78. The second kappa shape index (κ2) is 10.0. The summed E-state index contributed by atoms with van der Waals surface area (Å²) in [6, 6.07) is 5.67. The van der Waals surface area contributed by atoms with Crippen molar-refractivity contribution in [1.29, 1.82) is 0 Å². The van der Waals surface area contributed by atoms with Gasteiger partial charge in [-0.25, -0.2) is 0 Å². The van der Waals surface area contributed by atoms with Gasteiger partial charge in [0.1, 0.15) is 5.60 Å². The molecule has 0 aliphatic heterocycles. The predicted molar refractivity (Wildman–Crippen MR) is 146 cm³/mol. The maximum absolute atomic E-state index is 14.6. The molecule has 3 saturated carbocycles. The molecule has 3 aliphatic carbocycles. The monoisotopic (exact) mass is 595 g/mol. The molecule has 3 aliphatic rings. The van der Waals surface area contributed by atoms with Crippen LogP contribution >= 0.6 is 11.6 Å². The van der Waals surface area contributed by atoms with Crippen molar-refractivity contribution in [2.45, 2.75) is 90.1 Å². The fraction of sp³-hybridized carbons (Fsp3) is 0.633. The van der Waals surface area contributed by atoms with Crippen molar-refractivity contribution in [3.8, 4) is 0 Å². The van der Waals surface area contributed by atoms with Gasteiger partial charge >= 0.3 is 12.1 Å². The van der Waals surface area contributed by atoms with Crippen molar-refractivity contribution in [1.82, 2.24) is 14.7 Å². The van der Waals surface area contributed by atoms with Gasteiger partial charge in [-0.2, -0.15) is 18.3 Å². The van der Waals surface area contributed by atoms with E-state index in [-0.39, 0.29) is 43.7 Å². The van der Waals surface area contributed by atoms with Gasteiger partial charge in [0.2, 0.25) is 0 Å². The van der Waals surface area contributed by atoms with E-state index in [1.165, 1.54) is 11.8 Å². The Morgan fingerprint density at radius 1 is 1.12 bits per heavy atom. The van der Waals surface area contributed by atoms with Gasteiger partial charge in [0.05, 0.1) is 29.8 Å².